The normalized spacial score (nSPS) is 16.3. The minimum absolute atomic E-state index is 0.0347. The van der Waals surface area contributed by atoms with Crippen LogP contribution in [-0.2, 0) is 44.3 Å². The Morgan fingerprint density at radius 1 is 1.09 bits per heavy atom. The molecule has 13 heteroatoms. The van der Waals surface area contributed by atoms with Crippen LogP contribution in [-0.4, -0.2) is 62.9 Å². The highest BCUT2D eigenvalue weighted by Gasteiger charge is 2.41. The van der Waals surface area contributed by atoms with E-state index in [2.05, 4.69) is 18.8 Å². The molecule has 53 heavy (non-hydrogen) atoms. The minimum atomic E-state index is -1.48. The van der Waals surface area contributed by atoms with Crippen LogP contribution < -0.4 is 21.3 Å². The van der Waals surface area contributed by atoms with E-state index >= 15 is 0 Å². The number of ketones is 1. The first-order valence-electron chi connectivity index (χ1n) is 18.6. The Morgan fingerprint density at radius 2 is 1.85 bits per heavy atom. The first-order chi connectivity index (χ1) is 25.3. The molecule has 0 aliphatic carbocycles. The molecule has 0 saturated heterocycles. The van der Waals surface area contributed by atoms with Crippen molar-refractivity contribution in [3.8, 4) is 17.1 Å². The molecule has 13 nitrogen and oxygen atoms in total. The lowest BCUT2D eigenvalue weighted by atomic mass is 9.84. The summed E-state index contributed by atoms with van der Waals surface area (Å²) in [5.74, 6) is -0.761. The Kier molecular flexibility index (Phi) is 12.4. The summed E-state index contributed by atoms with van der Waals surface area (Å²) in [6.45, 7) is 10.4. The second-order valence-electron chi connectivity index (χ2n) is 14.0. The van der Waals surface area contributed by atoms with Crippen LogP contribution in [0.15, 0.2) is 41.4 Å². The summed E-state index contributed by atoms with van der Waals surface area (Å²) in [6.07, 6.45) is 5.51. The third-order valence-electron chi connectivity index (χ3n) is 10.4. The van der Waals surface area contributed by atoms with Gasteiger partial charge in [-0.1, -0.05) is 53.0 Å². The third kappa shape index (κ3) is 8.30. The average Bonchev–Trinajstić information content (AvgIpc) is 3.50. The van der Waals surface area contributed by atoms with Crippen molar-refractivity contribution in [2.24, 2.45) is 5.73 Å². The van der Waals surface area contributed by atoms with Crippen molar-refractivity contribution in [1.82, 2.24) is 19.8 Å². The minimum Gasteiger partial charge on any atom is -0.490 e. The molecule has 0 spiro atoms. The number of unbranched alkanes of at least 4 members (excludes halogenated alkanes) is 4. The molecule has 0 fully saturated rings. The van der Waals surface area contributed by atoms with Gasteiger partial charge in [0.25, 0.3) is 5.56 Å². The van der Waals surface area contributed by atoms with Crippen LogP contribution in [0.1, 0.15) is 107 Å². The number of aliphatic hydroxyl groups is 1. The van der Waals surface area contributed by atoms with Gasteiger partial charge in [0.2, 0.25) is 11.8 Å². The fourth-order valence-corrected chi connectivity index (χ4v) is 7.26. The van der Waals surface area contributed by atoms with E-state index in [1.165, 1.54) is 4.90 Å². The second kappa shape index (κ2) is 16.7. The molecular formula is C40H51N5O8. The standard InChI is InChI=1S/C40H51N5O8/c1-6-9-10-11-12-15-36(48)42-32(21-35(41)47)34(46)14-13-18-44(5)39(50)53-25-16-17-31-27(19-25)26(7-2)28-22-45-33(37(28)43-31)20-30-29(38(45)49)23-52-24(4)40(30,51)8-3/h16-17,19-20,32,51H,4,6-15,18,21-23H2,1-3,5H3,(H2,41,47)(H,42,48)/t32-,40-/m1/s1. The number of carbonyl (C=O) groups is 4. The molecule has 3 amide bonds. The number of hydrogen-bond acceptors (Lipinski definition) is 9. The van der Waals surface area contributed by atoms with Gasteiger partial charge in [0.05, 0.1) is 41.5 Å². The van der Waals surface area contributed by atoms with Crippen molar-refractivity contribution in [3.63, 3.8) is 0 Å². The first-order valence-corrected chi connectivity index (χ1v) is 18.6. The molecule has 2 aliphatic rings. The molecule has 0 bridgehead atoms. The molecule has 2 aromatic heterocycles. The van der Waals surface area contributed by atoms with E-state index in [0.29, 0.717) is 66.0 Å². The van der Waals surface area contributed by atoms with Crippen LogP contribution in [0.2, 0.25) is 0 Å². The van der Waals surface area contributed by atoms with Gasteiger partial charge in [-0.05, 0) is 55.5 Å². The summed E-state index contributed by atoms with van der Waals surface area (Å²) >= 11 is 0. The van der Waals surface area contributed by atoms with Crippen molar-refractivity contribution < 1.29 is 33.8 Å². The second-order valence-corrected chi connectivity index (χ2v) is 14.0. The maximum atomic E-state index is 13.7. The summed E-state index contributed by atoms with van der Waals surface area (Å²) in [6, 6.07) is 6.03. The number of nitrogens with two attached hydrogens (primary N) is 1. The highest BCUT2D eigenvalue weighted by molar-refractivity contribution is 5.93. The van der Waals surface area contributed by atoms with Crippen LogP contribution >= 0.6 is 0 Å². The molecule has 5 rings (SSSR count). The van der Waals surface area contributed by atoms with E-state index in [0.717, 1.165) is 42.2 Å². The molecule has 2 aliphatic heterocycles. The van der Waals surface area contributed by atoms with Gasteiger partial charge in [-0.15, -0.1) is 0 Å². The van der Waals surface area contributed by atoms with Crippen LogP contribution in [0.4, 0.5) is 4.79 Å². The molecule has 0 unspecified atom stereocenters. The number of benzene rings is 1. The predicted molar refractivity (Wildman–Crippen MR) is 200 cm³/mol. The van der Waals surface area contributed by atoms with E-state index in [9.17, 15) is 29.1 Å². The van der Waals surface area contributed by atoms with Crippen molar-refractivity contribution in [1.29, 1.82) is 0 Å². The summed E-state index contributed by atoms with van der Waals surface area (Å²) in [5, 5.41) is 14.9. The molecule has 2 atom stereocenters. The maximum Gasteiger partial charge on any atom is 0.414 e. The molecule has 284 valence electrons. The number of aromatic nitrogens is 2. The first kappa shape index (κ1) is 39.2. The van der Waals surface area contributed by atoms with Crippen molar-refractivity contribution in [2.45, 2.75) is 116 Å². The summed E-state index contributed by atoms with van der Waals surface area (Å²) in [5.41, 5.74) is 8.37. The van der Waals surface area contributed by atoms with Crippen molar-refractivity contribution >= 4 is 34.6 Å². The van der Waals surface area contributed by atoms with Crippen LogP contribution in [0.25, 0.3) is 22.3 Å². The molecular weight excluding hydrogens is 678 g/mol. The molecule has 4 heterocycles. The number of nitrogens with one attached hydrogen (secondary N) is 1. The number of primary amides is 1. The fraction of sp³-hybridized carbons (Fsp3) is 0.500. The number of rotatable bonds is 17. The van der Waals surface area contributed by atoms with Gasteiger partial charge in [-0.2, -0.15) is 0 Å². The highest BCUT2D eigenvalue weighted by atomic mass is 16.6. The number of carbonyl (C=O) groups excluding carboxylic acids is 4. The van der Waals surface area contributed by atoms with Gasteiger partial charge in [0.15, 0.2) is 5.78 Å². The number of hydrogen-bond donors (Lipinski definition) is 3. The topological polar surface area (TPSA) is 183 Å². The molecule has 3 aromatic rings. The van der Waals surface area contributed by atoms with Gasteiger partial charge in [0, 0.05) is 42.9 Å². The number of pyridine rings is 2. The Bertz CT molecular complexity index is 1990. The number of Topliss-reactive ketones (excluding diaryl/α,β-unsaturated/α-hetero) is 1. The molecule has 4 N–H and O–H groups in total. The van der Waals surface area contributed by atoms with Gasteiger partial charge in [-0.3, -0.25) is 19.2 Å². The molecule has 1 aromatic carbocycles. The Morgan fingerprint density at radius 3 is 2.55 bits per heavy atom. The van der Waals surface area contributed by atoms with Gasteiger partial charge in [-0.25, -0.2) is 9.78 Å². The van der Waals surface area contributed by atoms with E-state index in [1.807, 2.05) is 19.9 Å². The van der Waals surface area contributed by atoms with Gasteiger partial charge < -0.3 is 35.1 Å². The van der Waals surface area contributed by atoms with Crippen LogP contribution in [0.5, 0.6) is 5.75 Å². The van der Waals surface area contributed by atoms with E-state index < -0.39 is 23.6 Å². The number of aryl methyl sites for hydroxylation is 1. The quantitative estimate of drug-likeness (QED) is 0.124. The zero-order valence-corrected chi connectivity index (χ0v) is 31.2. The lowest BCUT2D eigenvalue weighted by molar-refractivity contribution is -0.130. The monoisotopic (exact) mass is 729 g/mol. The fourth-order valence-electron chi connectivity index (χ4n) is 7.26. The zero-order chi connectivity index (χ0) is 38.4. The van der Waals surface area contributed by atoms with Gasteiger partial charge in [0.1, 0.15) is 23.7 Å². The van der Waals surface area contributed by atoms with Crippen LogP contribution in [0, 0.1) is 0 Å². The summed E-state index contributed by atoms with van der Waals surface area (Å²) in [4.78, 5) is 70.1. The number of amides is 3. The van der Waals surface area contributed by atoms with E-state index in [4.69, 9.17) is 20.2 Å². The Labute approximate surface area is 309 Å². The third-order valence-corrected chi connectivity index (χ3v) is 10.4. The molecule has 0 saturated carbocycles. The highest BCUT2D eigenvalue weighted by Crippen LogP contribution is 2.43. The summed E-state index contributed by atoms with van der Waals surface area (Å²) in [7, 11) is 1.56. The van der Waals surface area contributed by atoms with E-state index in [1.54, 1.807) is 29.8 Å². The van der Waals surface area contributed by atoms with Crippen molar-refractivity contribution in [3.05, 3.63) is 69.2 Å². The number of ether oxygens (including phenoxy) is 2. The van der Waals surface area contributed by atoms with Crippen molar-refractivity contribution in [2.75, 3.05) is 13.6 Å². The maximum absolute atomic E-state index is 13.7. The summed E-state index contributed by atoms with van der Waals surface area (Å²) < 4.78 is 13.0. The van der Waals surface area contributed by atoms with Crippen LogP contribution in [0.3, 0.4) is 0 Å². The Balaban J connectivity index is 1.24. The number of fused-ring (bicyclic) bond motifs is 5. The SMILES string of the molecule is C=C1OCc2c(cc3n(c2=O)Cc2c-3nc3ccc(OC(=O)N(C)CCCC(=O)[C@@H](CC(N)=O)NC(=O)CCCCCCC)cc3c2CC)[C@@]1(O)CC. The Hall–Kier alpha value is -5.04. The van der Waals surface area contributed by atoms with Gasteiger partial charge >= 0.3 is 6.09 Å². The molecule has 0 radical (unpaired) electrons. The zero-order valence-electron chi connectivity index (χ0n) is 31.2. The smallest absolute Gasteiger partial charge is 0.414 e. The van der Waals surface area contributed by atoms with E-state index in [-0.39, 0.29) is 55.4 Å². The lowest BCUT2D eigenvalue weighted by Crippen LogP contribution is -2.43. The lowest BCUT2D eigenvalue weighted by Gasteiger charge is -2.35. The number of nitrogens with zero attached hydrogens (tertiary/aromatic N) is 3. The largest absolute Gasteiger partial charge is 0.490 e. The predicted octanol–water partition coefficient (Wildman–Crippen LogP) is 5.13. The average molecular weight is 730 g/mol.